The van der Waals surface area contributed by atoms with E-state index in [1.807, 2.05) is 0 Å². The number of piperidine rings is 1. The summed E-state index contributed by atoms with van der Waals surface area (Å²) in [5.74, 6) is -5.16. The first-order chi connectivity index (χ1) is 17.1. The lowest BCUT2D eigenvalue weighted by Gasteiger charge is -2.38. The second kappa shape index (κ2) is 10.4. The Labute approximate surface area is 212 Å². The van der Waals surface area contributed by atoms with Crippen LogP contribution in [-0.2, 0) is 14.3 Å². The molecule has 0 aliphatic carbocycles. The van der Waals surface area contributed by atoms with Gasteiger partial charge in [0.1, 0.15) is 17.9 Å². The van der Waals surface area contributed by atoms with Crippen molar-refractivity contribution in [1.82, 2.24) is 15.2 Å². The summed E-state index contributed by atoms with van der Waals surface area (Å²) >= 11 is 7.43. The number of methoxy groups -OCH3 is 1. The molecule has 2 aliphatic rings. The molecular formula is C22H20ClF3N4O5S. The fourth-order valence-corrected chi connectivity index (χ4v) is 4.83. The van der Waals surface area contributed by atoms with Crippen molar-refractivity contribution < 1.29 is 37.3 Å². The number of halogens is 4. The maximum absolute atomic E-state index is 14.3. The van der Waals surface area contributed by atoms with E-state index < -0.39 is 48.9 Å². The molecule has 2 aromatic rings. The van der Waals surface area contributed by atoms with Crippen LogP contribution >= 0.6 is 22.9 Å². The van der Waals surface area contributed by atoms with Crippen LogP contribution in [0.3, 0.4) is 0 Å². The van der Waals surface area contributed by atoms with E-state index in [-0.39, 0.29) is 40.8 Å². The van der Waals surface area contributed by atoms with Gasteiger partial charge in [-0.3, -0.25) is 9.69 Å². The number of alkyl halides is 2. The van der Waals surface area contributed by atoms with E-state index in [0.717, 1.165) is 18.1 Å². The molecule has 9 nitrogen and oxygen atoms in total. The highest BCUT2D eigenvalue weighted by molar-refractivity contribution is 7.11. The lowest BCUT2D eigenvalue weighted by atomic mass is 9.97. The molecule has 1 saturated heterocycles. The number of aromatic nitrogens is 1. The molecule has 0 bridgehead atoms. The summed E-state index contributed by atoms with van der Waals surface area (Å²) in [4.78, 5) is 33.7. The van der Waals surface area contributed by atoms with Gasteiger partial charge in [-0.05, 0) is 12.5 Å². The van der Waals surface area contributed by atoms with E-state index >= 15 is 0 Å². The average molecular weight is 545 g/mol. The number of nitrogens with zero attached hydrogens (tertiary/aromatic N) is 3. The van der Waals surface area contributed by atoms with Gasteiger partial charge in [-0.15, -0.1) is 11.3 Å². The molecule has 1 fully saturated rings. The Morgan fingerprint density at radius 3 is 2.83 bits per heavy atom. The van der Waals surface area contributed by atoms with Crippen molar-refractivity contribution >= 4 is 40.9 Å². The molecule has 192 valence electrons. The van der Waals surface area contributed by atoms with Gasteiger partial charge in [-0.2, -0.15) is 0 Å². The molecule has 2 N–H and O–H groups in total. The predicted molar refractivity (Wildman–Crippen MR) is 124 cm³/mol. The van der Waals surface area contributed by atoms with Crippen molar-refractivity contribution in [2.24, 2.45) is 4.99 Å². The Morgan fingerprint density at radius 1 is 1.39 bits per heavy atom. The van der Waals surface area contributed by atoms with Gasteiger partial charge in [-0.1, -0.05) is 23.7 Å². The number of likely N-dealkylation sites (tertiary alicyclic amines) is 1. The number of aliphatic imine (C=N–C) groups is 1. The summed E-state index contributed by atoms with van der Waals surface area (Å²) in [6, 6.07) is 1.58. The predicted octanol–water partition coefficient (Wildman–Crippen LogP) is 4.21. The van der Waals surface area contributed by atoms with Gasteiger partial charge >= 0.3 is 12.1 Å². The summed E-state index contributed by atoms with van der Waals surface area (Å²) < 4.78 is 52.9. The van der Waals surface area contributed by atoms with E-state index in [1.54, 1.807) is 5.38 Å². The van der Waals surface area contributed by atoms with Crippen LogP contribution in [0, 0.1) is 5.82 Å². The number of thiazole rings is 1. The van der Waals surface area contributed by atoms with Gasteiger partial charge in [0.05, 0.1) is 24.4 Å². The molecule has 2 aliphatic heterocycles. The minimum Gasteiger partial charge on any atom is -0.480 e. The van der Waals surface area contributed by atoms with Gasteiger partial charge in [0.15, 0.2) is 16.6 Å². The van der Waals surface area contributed by atoms with Crippen LogP contribution in [0.15, 0.2) is 46.2 Å². The SMILES string of the molecule is COC(=O)OC1=C(CN2CC(F)(F)CC[C@@H]2C(=O)O)NC(c2nccs2)=N[C@@H]1c1cccc(F)c1Cl. The lowest BCUT2D eigenvalue weighted by Crippen LogP contribution is -2.54. The number of nitrogens with one attached hydrogen (secondary N) is 1. The second-order valence-corrected chi connectivity index (χ2v) is 9.31. The molecule has 0 saturated carbocycles. The molecule has 14 heteroatoms. The Balaban J connectivity index is 1.84. The van der Waals surface area contributed by atoms with Gasteiger partial charge < -0.3 is 19.9 Å². The molecular weight excluding hydrogens is 525 g/mol. The van der Waals surface area contributed by atoms with Crippen molar-refractivity contribution in [2.75, 3.05) is 20.2 Å². The summed E-state index contributed by atoms with van der Waals surface area (Å²) in [6.07, 6.45) is -0.487. The van der Waals surface area contributed by atoms with Gasteiger partial charge in [0.2, 0.25) is 0 Å². The minimum atomic E-state index is -3.12. The first-order valence-electron chi connectivity index (χ1n) is 10.6. The zero-order valence-electron chi connectivity index (χ0n) is 18.7. The largest absolute Gasteiger partial charge is 0.513 e. The fourth-order valence-electron chi connectivity index (χ4n) is 4.01. The van der Waals surface area contributed by atoms with E-state index in [1.165, 1.54) is 29.7 Å². The van der Waals surface area contributed by atoms with Crippen molar-refractivity contribution in [3.05, 3.63) is 62.6 Å². The molecule has 1 aromatic heterocycles. The third-order valence-electron chi connectivity index (χ3n) is 5.65. The molecule has 0 spiro atoms. The number of hydrogen-bond acceptors (Lipinski definition) is 9. The number of carboxylic acid groups (broad SMARTS) is 1. The van der Waals surface area contributed by atoms with Crippen LogP contribution in [0.2, 0.25) is 5.02 Å². The first-order valence-corrected chi connectivity index (χ1v) is 11.9. The first kappa shape index (κ1) is 25.9. The summed E-state index contributed by atoms with van der Waals surface area (Å²) in [5, 5.41) is 14.4. The number of aliphatic carboxylic acids is 1. The summed E-state index contributed by atoms with van der Waals surface area (Å²) in [7, 11) is 1.07. The zero-order chi connectivity index (χ0) is 26.0. The van der Waals surface area contributed by atoms with Gasteiger partial charge in [0, 0.05) is 30.1 Å². The van der Waals surface area contributed by atoms with E-state index in [0.29, 0.717) is 5.01 Å². The highest BCUT2D eigenvalue weighted by Crippen LogP contribution is 2.38. The van der Waals surface area contributed by atoms with Gasteiger partial charge in [0.25, 0.3) is 5.92 Å². The number of ether oxygens (including phenoxy) is 2. The number of carbonyl (C=O) groups excluding carboxylic acids is 1. The van der Waals surface area contributed by atoms with Crippen molar-refractivity contribution in [2.45, 2.75) is 30.8 Å². The monoisotopic (exact) mass is 544 g/mol. The number of hydrogen-bond donors (Lipinski definition) is 2. The number of carboxylic acids is 1. The number of benzene rings is 1. The van der Waals surface area contributed by atoms with Crippen LogP contribution in [0.25, 0.3) is 0 Å². The Bertz CT molecular complexity index is 1220. The smallest absolute Gasteiger partial charge is 0.480 e. The van der Waals surface area contributed by atoms with Crippen LogP contribution in [0.4, 0.5) is 18.0 Å². The molecule has 36 heavy (non-hydrogen) atoms. The third-order valence-corrected chi connectivity index (χ3v) is 6.83. The molecule has 0 unspecified atom stereocenters. The number of carbonyl (C=O) groups is 2. The Kier molecular flexibility index (Phi) is 7.52. The van der Waals surface area contributed by atoms with Crippen molar-refractivity contribution in [1.29, 1.82) is 0 Å². The number of amidine groups is 1. The summed E-state index contributed by atoms with van der Waals surface area (Å²) in [5.41, 5.74) is 0.178. The molecule has 0 amide bonds. The maximum atomic E-state index is 14.3. The molecule has 4 rings (SSSR count). The highest BCUT2D eigenvalue weighted by Gasteiger charge is 2.44. The van der Waals surface area contributed by atoms with Crippen LogP contribution in [0.5, 0.6) is 0 Å². The zero-order valence-corrected chi connectivity index (χ0v) is 20.3. The topological polar surface area (TPSA) is 113 Å². The van der Waals surface area contributed by atoms with Crippen molar-refractivity contribution in [3.63, 3.8) is 0 Å². The molecule has 0 radical (unpaired) electrons. The minimum absolute atomic E-state index is 0.0508. The second-order valence-electron chi connectivity index (χ2n) is 8.04. The fraction of sp³-hybridized carbons (Fsp3) is 0.364. The average Bonchev–Trinajstić information content (AvgIpc) is 3.36. The van der Waals surface area contributed by atoms with Crippen molar-refractivity contribution in [3.8, 4) is 0 Å². The normalized spacial score (nSPS) is 22.0. The quantitative estimate of drug-likeness (QED) is 0.520. The van der Waals surface area contributed by atoms with Gasteiger partial charge in [-0.25, -0.2) is 27.9 Å². The van der Waals surface area contributed by atoms with E-state index in [4.69, 9.17) is 16.3 Å². The Hall–Kier alpha value is -3.16. The van der Waals surface area contributed by atoms with E-state index in [9.17, 15) is 27.9 Å². The van der Waals surface area contributed by atoms with Crippen LogP contribution in [0.1, 0.15) is 29.5 Å². The molecule has 2 atom stereocenters. The number of rotatable bonds is 6. The van der Waals surface area contributed by atoms with Crippen LogP contribution < -0.4 is 5.32 Å². The van der Waals surface area contributed by atoms with E-state index in [2.05, 4.69) is 20.0 Å². The lowest BCUT2D eigenvalue weighted by molar-refractivity contribution is -0.151. The Morgan fingerprint density at radius 2 is 2.17 bits per heavy atom. The molecule has 3 heterocycles. The molecule has 1 aromatic carbocycles. The summed E-state index contributed by atoms with van der Waals surface area (Å²) in [6.45, 7) is -1.22. The maximum Gasteiger partial charge on any atom is 0.513 e. The third kappa shape index (κ3) is 5.47. The van der Waals surface area contributed by atoms with Crippen LogP contribution in [-0.4, -0.2) is 65.1 Å². The highest BCUT2D eigenvalue weighted by atomic mass is 35.5. The standard InChI is InChI=1S/C22H20ClF3N4O5S/c1-34-21(33)35-17-13(9-30-10-22(25,26)6-5-14(30)20(31)32)28-18(19-27-7-8-36-19)29-16(17)11-3-2-4-12(24)15(11)23/h2-4,7-8,14,16H,5-6,9-10H2,1H3,(H,28,29)(H,31,32)/t14-,16-/m1/s1.